The number of aromatic carboxylic acids is 1. The molecule has 0 fully saturated rings. The second-order valence-electron chi connectivity index (χ2n) is 4.36. The maximum Gasteiger partial charge on any atom is 0.339 e. The van der Waals surface area contributed by atoms with Crippen molar-refractivity contribution in [1.29, 1.82) is 0 Å². The zero-order valence-corrected chi connectivity index (χ0v) is 15.3. The summed E-state index contributed by atoms with van der Waals surface area (Å²) in [6.07, 6.45) is 2.92. The minimum Gasteiger partial charge on any atom is -0.507 e. The molecule has 0 saturated heterocycles. The second kappa shape index (κ2) is 7.64. The Balaban J connectivity index is 0.00000324. The third kappa shape index (κ3) is 3.17. The van der Waals surface area contributed by atoms with E-state index in [9.17, 15) is 15.0 Å². The molecule has 0 aliphatic heterocycles. The smallest absolute Gasteiger partial charge is 0.339 e. The molecular formula is C15H22O3Zn. The summed E-state index contributed by atoms with van der Waals surface area (Å²) < 4.78 is 0. The summed E-state index contributed by atoms with van der Waals surface area (Å²) >= 11 is 0. The van der Waals surface area contributed by atoms with E-state index in [1.54, 1.807) is 0 Å². The van der Waals surface area contributed by atoms with E-state index in [0.29, 0.717) is 12.8 Å². The molecule has 4 heteroatoms. The Hall–Kier alpha value is -0.887. The van der Waals surface area contributed by atoms with Gasteiger partial charge in [-0.05, 0) is 47.9 Å². The van der Waals surface area contributed by atoms with Crippen LogP contribution in [0.4, 0.5) is 0 Å². The second-order valence-corrected chi connectivity index (χ2v) is 4.36. The van der Waals surface area contributed by atoms with E-state index in [0.717, 1.165) is 35.1 Å². The van der Waals surface area contributed by atoms with Gasteiger partial charge in [0, 0.05) is 19.5 Å². The quantitative estimate of drug-likeness (QED) is 0.819. The average Bonchev–Trinajstić information content (AvgIpc) is 2.36. The Labute approximate surface area is 127 Å². The first-order valence-electron chi connectivity index (χ1n) is 6.64. The van der Waals surface area contributed by atoms with Gasteiger partial charge in [0.15, 0.2) is 0 Å². The van der Waals surface area contributed by atoms with Gasteiger partial charge in [0.2, 0.25) is 0 Å². The number of rotatable bonds is 5. The minimum absolute atomic E-state index is 0. The molecule has 1 aromatic rings. The molecule has 19 heavy (non-hydrogen) atoms. The van der Waals surface area contributed by atoms with Crippen LogP contribution in [0.3, 0.4) is 0 Å². The molecule has 0 atom stereocenters. The Bertz CT molecular complexity index is 467. The molecule has 0 aliphatic rings. The number of carboxylic acids is 1. The standard InChI is InChI=1S/C15H22O3.Zn/c1-5-9-10(6-2)12(8-4)14(16)13(15(17)18)11(9)7-3;/h16H,5-8H2,1-4H3,(H,17,18);. The molecule has 0 radical (unpaired) electrons. The monoisotopic (exact) mass is 314 g/mol. The average molecular weight is 316 g/mol. The Kier molecular flexibility index (Phi) is 7.29. The number of hydrogen-bond acceptors (Lipinski definition) is 2. The Morgan fingerprint density at radius 3 is 1.53 bits per heavy atom. The van der Waals surface area contributed by atoms with Gasteiger partial charge in [-0.2, -0.15) is 0 Å². The predicted octanol–water partition coefficient (Wildman–Crippen LogP) is 3.34. The van der Waals surface area contributed by atoms with Crippen molar-refractivity contribution in [1.82, 2.24) is 0 Å². The molecule has 1 rings (SSSR count). The first kappa shape index (κ1) is 18.1. The summed E-state index contributed by atoms with van der Waals surface area (Å²) in [6, 6.07) is 0. The van der Waals surface area contributed by atoms with E-state index in [1.807, 2.05) is 27.7 Å². The van der Waals surface area contributed by atoms with Crippen LogP contribution in [0.5, 0.6) is 5.75 Å². The predicted molar refractivity (Wildman–Crippen MR) is 72.6 cm³/mol. The number of benzene rings is 1. The molecule has 0 aromatic heterocycles. The van der Waals surface area contributed by atoms with Crippen molar-refractivity contribution in [2.75, 3.05) is 0 Å². The van der Waals surface area contributed by atoms with Crippen LogP contribution in [0.1, 0.15) is 60.3 Å². The molecule has 1 aromatic carbocycles. The van der Waals surface area contributed by atoms with Gasteiger partial charge in [-0.3, -0.25) is 0 Å². The molecule has 0 spiro atoms. The van der Waals surface area contributed by atoms with Crippen molar-refractivity contribution in [3.05, 3.63) is 27.8 Å². The third-order valence-electron chi connectivity index (χ3n) is 3.55. The number of carboxylic acid groups (broad SMARTS) is 1. The van der Waals surface area contributed by atoms with E-state index < -0.39 is 5.97 Å². The number of carbonyl (C=O) groups is 1. The van der Waals surface area contributed by atoms with Crippen LogP contribution in [-0.4, -0.2) is 16.2 Å². The van der Waals surface area contributed by atoms with Gasteiger partial charge in [0.05, 0.1) is 0 Å². The van der Waals surface area contributed by atoms with Crippen molar-refractivity contribution < 1.29 is 34.5 Å². The molecular weight excluding hydrogens is 294 g/mol. The van der Waals surface area contributed by atoms with Crippen LogP contribution in [0.25, 0.3) is 0 Å². The zero-order chi connectivity index (χ0) is 13.9. The van der Waals surface area contributed by atoms with Crippen LogP contribution in [0.15, 0.2) is 0 Å². The van der Waals surface area contributed by atoms with Gasteiger partial charge < -0.3 is 10.2 Å². The Morgan fingerprint density at radius 2 is 1.21 bits per heavy atom. The number of phenols is 1. The largest absolute Gasteiger partial charge is 0.507 e. The summed E-state index contributed by atoms with van der Waals surface area (Å²) in [5.41, 5.74) is 3.91. The fourth-order valence-corrected chi connectivity index (χ4v) is 2.81. The summed E-state index contributed by atoms with van der Waals surface area (Å²) in [4.78, 5) is 11.4. The molecule has 3 nitrogen and oxygen atoms in total. The first-order chi connectivity index (χ1) is 8.53. The number of hydrogen-bond donors (Lipinski definition) is 2. The summed E-state index contributed by atoms with van der Waals surface area (Å²) in [5, 5.41) is 19.5. The molecule has 0 aliphatic carbocycles. The van der Waals surface area contributed by atoms with Gasteiger partial charge in [-0.25, -0.2) is 4.79 Å². The fourth-order valence-electron chi connectivity index (χ4n) is 2.81. The van der Waals surface area contributed by atoms with Gasteiger partial charge >= 0.3 is 5.97 Å². The minimum atomic E-state index is -1.03. The van der Waals surface area contributed by atoms with E-state index in [2.05, 4.69) is 0 Å². The van der Waals surface area contributed by atoms with Crippen molar-refractivity contribution in [2.45, 2.75) is 53.4 Å². The molecule has 0 unspecified atom stereocenters. The van der Waals surface area contributed by atoms with Gasteiger partial charge in [-0.1, -0.05) is 27.7 Å². The normalized spacial score (nSPS) is 10.1. The molecule has 0 amide bonds. The Morgan fingerprint density at radius 1 is 0.842 bits per heavy atom. The summed E-state index contributed by atoms with van der Waals surface area (Å²) in [5.74, 6) is -1.06. The van der Waals surface area contributed by atoms with E-state index >= 15 is 0 Å². The molecule has 0 heterocycles. The maximum absolute atomic E-state index is 11.4. The van der Waals surface area contributed by atoms with Crippen LogP contribution in [0.2, 0.25) is 0 Å². The van der Waals surface area contributed by atoms with E-state index in [1.165, 1.54) is 0 Å². The third-order valence-corrected chi connectivity index (χ3v) is 3.55. The van der Waals surface area contributed by atoms with Crippen molar-refractivity contribution in [3.8, 4) is 5.75 Å². The van der Waals surface area contributed by atoms with Crippen LogP contribution in [-0.2, 0) is 45.2 Å². The fraction of sp³-hybridized carbons (Fsp3) is 0.533. The zero-order valence-electron chi connectivity index (χ0n) is 12.3. The molecule has 2 N–H and O–H groups in total. The maximum atomic E-state index is 11.4. The molecule has 0 saturated carbocycles. The van der Waals surface area contributed by atoms with Crippen molar-refractivity contribution in [3.63, 3.8) is 0 Å². The SMILES string of the molecule is CCc1c(O)c(C(=O)O)c(CC)c(CC)c1CC.[Zn]. The van der Waals surface area contributed by atoms with E-state index in [-0.39, 0.29) is 30.8 Å². The summed E-state index contributed by atoms with van der Waals surface area (Å²) in [7, 11) is 0. The van der Waals surface area contributed by atoms with Crippen molar-refractivity contribution in [2.24, 2.45) is 0 Å². The van der Waals surface area contributed by atoms with Crippen molar-refractivity contribution >= 4 is 5.97 Å². The van der Waals surface area contributed by atoms with Crippen LogP contribution in [0, 0.1) is 0 Å². The van der Waals surface area contributed by atoms with Crippen LogP contribution >= 0.6 is 0 Å². The summed E-state index contributed by atoms with van der Waals surface area (Å²) in [6.45, 7) is 7.97. The molecule has 0 bridgehead atoms. The molecule has 102 valence electrons. The first-order valence-corrected chi connectivity index (χ1v) is 6.64. The van der Waals surface area contributed by atoms with Gasteiger partial charge in [0.25, 0.3) is 0 Å². The van der Waals surface area contributed by atoms with E-state index in [4.69, 9.17) is 0 Å². The van der Waals surface area contributed by atoms with Gasteiger partial charge in [0.1, 0.15) is 11.3 Å². The number of aromatic hydroxyl groups is 1. The van der Waals surface area contributed by atoms with Crippen LogP contribution < -0.4 is 0 Å². The topological polar surface area (TPSA) is 57.5 Å². The van der Waals surface area contributed by atoms with Gasteiger partial charge in [-0.15, -0.1) is 0 Å².